The summed E-state index contributed by atoms with van der Waals surface area (Å²) < 4.78 is 1.79. The summed E-state index contributed by atoms with van der Waals surface area (Å²) in [4.78, 5) is 25.2. The lowest BCUT2D eigenvalue weighted by Gasteiger charge is -2.30. The number of aryl methyl sites for hydroxylation is 2. The van der Waals surface area contributed by atoms with Crippen molar-refractivity contribution in [1.29, 1.82) is 0 Å². The minimum Gasteiger partial charge on any atom is -0.480 e. The second-order valence-electron chi connectivity index (χ2n) is 8.78. The predicted octanol–water partition coefficient (Wildman–Crippen LogP) is 5.06. The topological polar surface area (TPSA) is 88.0 Å². The molecule has 0 aliphatic heterocycles. The van der Waals surface area contributed by atoms with Crippen molar-refractivity contribution in [2.45, 2.75) is 47.1 Å². The summed E-state index contributed by atoms with van der Waals surface area (Å²) in [5.74, 6) is -0.915. The lowest BCUT2D eigenvalue weighted by molar-refractivity contribution is -0.137. The molecule has 156 valence electrons. The van der Waals surface area contributed by atoms with Crippen LogP contribution in [0.3, 0.4) is 0 Å². The number of hydrogen-bond acceptors (Lipinski definition) is 3. The Kier molecular flexibility index (Phi) is 4.85. The molecule has 2 heterocycles. The van der Waals surface area contributed by atoms with Gasteiger partial charge in [-0.25, -0.2) is 0 Å². The van der Waals surface area contributed by atoms with Gasteiger partial charge in [0, 0.05) is 39.5 Å². The Balaban J connectivity index is 2.15. The van der Waals surface area contributed by atoms with Crippen molar-refractivity contribution in [3.8, 4) is 22.4 Å². The molecule has 0 fully saturated rings. The van der Waals surface area contributed by atoms with Crippen LogP contribution in [0.15, 0.2) is 24.3 Å². The molecule has 6 nitrogen and oxygen atoms in total. The molecule has 1 aromatic carbocycles. The van der Waals surface area contributed by atoms with Crippen LogP contribution >= 0.6 is 11.6 Å². The van der Waals surface area contributed by atoms with Crippen LogP contribution < -0.4 is 0 Å². The van der Waals surface area contributed by atoms with E-state index < -0.39 is 5.97 Å². The third-order valence-electron chi connectivity index (χ3n) is 5.72. The number of carbonyl (C=O) groups is 2. The Bertz CT molecular complexity index is 1150. The second-order valence-corrected chi connectivity index (χ2v) is 9.22. The standard InChI is InChI=1S/C23H24ClN3O3/c1-12-19(13(2)26-25-12)21-20-16(9-23(3,4)10-17(20)28)27(11-18(29)30)22(21)14-5-7-15(24)8-6-14/h5-8H,9-11H2,1-4H3,(H,25,26)(H,29,30). The van der Waals surface area contributed by atoms with Gasteiger partial charge in [0.05, 0.1) is 11.4 Å². The Labute approximate surface area is 179 Å². The van der Waals surface area contributed by atoms with E-state index in [0.717, 1.165) is 39.5 Å². The molecule has 0 amide bonds. The van der Waals surface area contributed by atoms with E-state index in [1.165, 1.54) is 0 Å². The van der Waals surface area contributed by atoms with E-state index in [2.05, 4.69) is 10.2 Å². The third-order valence-corrected chi connectivity index (χ3v) is 5.98. The van der Waals surface area contributed by atoms with Crippen molar-refractivity contribution in [3.05, 3.63) is 51.9 Å². The van der Waals surface area contributed by atoms with Gasteiger partial charge in [-0.1, -0.05) is 37.6 Å². The van der Waals surface area contributed by atoms with E-state index in [4.69, 9.17) is 11.6 Å². The molecule has 0 atom stereocenters. The SMILES string of the molecule is Cc1n[nH]c(C)c1-c1c2c(n(CC(=O)O)c1-c1ccc(Cl)cc1)CC(C)(C)CC2=O. The monoisotopic (exact) mass is 425 g/mol. The van der Waals surface area contributed by atoms with Gasteiger partial charge in [-0.05, 0) is 43.4 Å². The highest BCUT2D eigenvalue weighted by atomic mass is 35.5. The number of Topliss-reactive ketones (excluding diaryl/α,β-unsaturated/α-hetero) is 1. The van der Waals surface area contributed by atoms with Crippen molar-refractivity contribution in [1.82, 2.24) is 14.8 Å². The van der Waals surface area contributed by atoms with E-state index >= 15 is 0 Å². The highest BCUT2D eigenvalue weighted by Crippen LogP contribution is 2.47. The second kappa shape index (κ2) is 7.13. The molecule has 4 rings (SSSR count). The number of ketones is 1. The van der Waals surface area contributed by atoms with Crippen molar-refractivity contribution >= 4 is 23.4 Å². The summed E-state index contributed by atoms with van der Waals surface area (Å²) in [6.45, 7) is 7.67. The normalized spacial score (nSPS) is 15.3. The summed E-state index contributed by atoms with van der Waals surface area (Å²) in [7, 11) is 0. The maximum absolute atomic E-state index is 13.4. The zero-order valence-corrected chi connectivity index (χ0v) is 18.2. The average Bonchev–Trinajstić information content (AvgIpc) is 3.11. The summed E-state index contributed by atoms with van der Waals surface area (Å²) in [5.41, 5.74) is 5.92. The number of halogens is 1. The molecule has 30 heavy (non-hydrogen) atoms. The molecule has 0 bridgehead atoms. The fraction of sp³-hybridized carbons (Fsp3) is 0.348. The van der Waals surface area contributed by atoms with Gasteiger partial charge in [-0.3, -0.25) is 14.7 Å². The average molecular weight is 426 g/mol. The highest BCUT2D eigenvalue weighted by Gasteiger charge is 2.39. The smallest absolute Gasteiger partial charge is 0.323 e. The summed E-state index contributed by atoms with van der Waals surface area (Å²) in [5, 5.41) is 17.6. The lowest BCUT2D eigenvalue weighted by Crippen LogP contribution is -2.29. The molecular weight excluding hydrogens is 402 g/mol. The molecule has 2 aromatic heterocycles. The van der Waals surface area contributed by atoms with Crippen LogP contribution in [-0.2, 0) is 17.8 Å². The van der Waals surface area contributed by atoms with Crippen molar-refractivity contribution in [3.63, 3.8) is 0 Å². The summed E-state index contributed by atoms with van der Waals surface area (Å²) >= 11 is 6.10. The number of hydrogen-bond donors (Lipinski definition) is 2. The minimum absolute atomic E-state index is 0.0376. The van der Waals surface area contributed by atoms with E-state index in [9.17, 15) is 14.7 Å². The number of benzene rings is 1. The summed E-state index contributed by atoms with van der Waals surface area (Å²) in [6.07, 6.45) is 1.04. The Morgan fingerprint density at radius 3 is 2.40 bits per heavy atom. The largest absolute Gasteiger partial charge is 0.480 e. The van der Waals surface area contributed by atoms with Gasteiger partial charge in [0.1, 0.15) is 6.54 Å². The number of carboxylic acids is 1. The molecule has 0 unspecified atom stereocenters. The number of carbonyl (C=O) groups excluding carboxylic acids is 1. The number of carboxylic acid groups (broad SMARTS) is 1. The molecule has 1 aliphatic carbocycles. The number of H-pyrrole nitrogens is 1. The highest BCUT2D eigenvalue weighted by molar-refractivity contribution is 6.30. The van der Waals surface area contributed by atoms with Crippen molar-refractivity contribution in [2.75, 3.05) is 0 Å². The first kappa shape index (κ1) is 20.4. The molecule has 0 spiro atoms. The number of aromatic amines is 1. The quantitative estimate of drug-likeness (QED) is 0.611. The maximum Gasteiger partial charge on any atom is 0.323 e. The van der Waals surface area contributed by atoms with Crippen molar-refractivity contribution in [2.24, 2.45) is 5.41 Å². The van der Waals surface area contributed by atoms with Gasteiger partial charge in [0.2, 0.25) is 0 Å². The number of nitrogens with zero attached hydrogens (tertiary/aromatic N) is 2. The molecule has 0 saturated heterocycles. The van der Waals surface area contributed by atoms with Crippen LogP contribution in [-0.4, -0.2) is 31.6 Å². The maximum atomic E-state index is 13.4. The van der Waals surface area contributed by atoms with Crippen molar-refractivity contribution < 1.29 is 14.7 Å². The number of nitrogens with one attached hydrogen (secondary N) is 1. The van der Waals surface area contributed by atoms with Crippen LogP contribution in [0.25, 0.3) is 22.4 Å². The number of fused-ring (bicyclic) bond motifs is 1. The molecule has 0 saturated carbocycles. The Hall–Kier alpha value is -2.86. The van der Waals surface area contributed by atoms with Gasteiger partial charge >= 0.3 is 5.97 Å². The number of aliphatic carboxylic acids is 1. The van der Waals surface area contributed by atoms with E-state index in [1.807, 2.05) is 39.8 Å². The zero-order chi connectivity index (χ0) is 21.8. The molecule has 7 heteroatoms. The van der Waals surface area contributed by atoms with Crippen LogP contribution in [0.4, 0.5) is 0 Å². The lowest BCUT2D eigenvalue weighted by atomic mass is 9.74. The fourth-order valence-corrected chi connectivity index (χ4v) is 4.70. The Morgan fingerprint density at radius 2 is 1.83 bits per heavy atom. The van der Waals surface area contributed by atoms with Gasteiger partial charge in [-0.15, -0.1) is 0 Å². The van der Waals surface area contributed by atoms with E-state index in [-0.39, 0.29) is 17.7 Å². The van der Waals surface area contributed by atoms with Gasteiger partial charge in [0.15, 0.2) is 5.78 Å². The van der Waals surface area contributed by atoms with Crippen LogP contribution in [0, 0.1) is 19.3 Å². The van der Waals surface area contributed by atoms with Gasteiger partial charge < -0.3 is 9.67 Å². The van der Waals surface area contributed by atoms with Crippen LogP contribution in [0.5, 0.6) is 0 Å². The molecule has 1 aliphatic rings. The summed E-state index contributed by atoms with van der Waals surface area (Å²) in [6, 6.07) is 7.29. The first-order valence-electron chi connectivity index (χ1n) is 9.87. The van der Waals surface area contributed by atoms with E-state index in [0.29, 0.717) is 23.4 Å². The Morgan fingerprint density at radius 1 is 1.17 bits per heavy atom. The van der Waals surface area contributed by atoms with Gasteiger partial charge in [0.25, 0.3) is 0 Å². The first-order chi connectivity index (χ1) is 14.1. The van der Waals surface area contributed by atoms with Gasteiger partial charge in [-0.2, -0.15) is 5.10 Å². The molecular formula is C23H24ClN3O3. The predicted molar refractivity (Wildman–Crippen MR) is 116 cm³/mol. The number of rotatable bonds is 4. The number of aromatic nitrogens is 3. The fourth-order valence-electron chi connectivity index (χ4n) is 4.57. The molecule has 3 aromatic rings. The first-order valence-corrected chi connectivity index (χ1v) is 10.2. The molecule has 2 N–H and O–H groups in total. The molecule has 0 radical (unpaired) electrons. The minimum atomic E-state index is -0.953. The van der Waals surface area contributed by atoms with Crippen LogP contribution in [0.1, 0.15) is 47.7 Å². The van der Waals surface area contributed by atoms with Crippen LogP contribution in [0.2, 0.25) is 5.02 Å². The third kappa shape index (κ3) is 3.35. The van der Waals surface area contributed by atoms with E-state index in [1.54, 1.807) is 16.7 Å². The zero-order valence-electron chi connectivity index (χ0n) is 17.5.